The lowest BCUT2D eigenvalue weighted by molar-refractivity contribution is -0.139. The van der Waals surface area contributed by atoms with Gasteiger partial charge in [0.1, 0.15) is 16.8 Å². The van der Waals surface area contributed by atoms with Gasteiger partial charge in [-0.25, -0.2) is 5.48 Å². The van der Waals surface area contributed by atoms with Gasteiger partial charge in [-0.05, 0) is 31.0 Å². The predicted octanol–water partition coefficient (Wildman–Crippen LogP) is 2.92. The van der Waals surface area contributed by atoms with Gasteiger partial charge in [0.2, 0.25) is 0 Å². The summed E-state index contributed by atoms with van der Waals surface area (Å²) in [5.41, 5.74) is 0.759. The van der Waals surface area contributed by atoms with E-state index < -0.39 is 23.7 Å². The quantitative estimate of drug-likeness (QED) is 0.264. The van der Waals surface area contributed by atoms with Crippen LogP contribution in [0, 0.1) is 0 Å². The van der Waals surface area contributed by atoms with Gasteiger partial charge in [0, 0.05) is 12.1 Å². The summed E-state index contributed by atoms with van der Waals surface area (Å²) >= 11 is 5.21. The third-order valence-electron chi connectivity index (χ3n) is 3.80. The second-order valence-electron chi connectivity index (χ2n) is 5.41. The summed E-state index contributed by atoms with van der Waals surface area (Å²) in [6, 6.07) is 2.87. The summed E-state index contributed by atoms with van der Waals surface area (Å²) in [5, 5.41) is 8.69. The fraction of sp³-hybridized carbons (Fsp3) is 0.375. The van der Waals surface area contributed by atoms with Gasteiger partial charge in [-0.15, -0.1) is 6.58 Å². The van der Waals surface area contributed by atoms with Crippen molar-refractivity contribution in [3.63, 3.8) is 0 Å². The Labute approximate surface area is 148 Å². The van der Waals surface area contributed by atoms with Crippen LogP contribution in [0.15, 0.2) is 30.9 Å². The molecule has 1 heterocycles. The standard InChI is InChI=1S/C16H17F3N2O3S/c1-2-3-8-24-13-5-4-10(9-11(13)16(17,18)19)15(25)21-7-6-12(21)14(22)20-23/h2,4-5,9,12,23H,1,3,6-8H2,(H,20,22). The summed E-state index contributed by atoms with van der Waals surface area (Å²) in [5.74, 6) is -0.928. The number of hydrogen-bond acceptors (Lipinski definition) is 4. The predicted molar refractivity (Wildman–Crippen MR) is 88.5 cm³/mol. The Morgan fingerprint density at radius 2 is 2.24 bits per heavy atom. The molecule has 0 radical (unpaired) electrons. The fourth-order valence-corrected chi connectivity index (χ4v) is 2.75. The molecule has 1 amide bonds. The number of ether oxygens (including phenoxy) is 1. The summed E-state index contributed by atoms with van der Waals surface area (Å²) in [7, 11) is 0. The van der Waals surface area contributed by atoms with Gasteiger partial charge in [0.15, 0.2) is 0 Å². The number of rotatable bonds is 6. The first kappa shape index (κ1) is 19.2. The van der Waals surface area contributed by atoms with Crippen LogP contribution in [-0.4, -0.2) is 40.2 Å². The van der Waals surface area contributed by atoms with E-state index in [-0.39, 0.29) is 22.9 Å². The highest BCUT2D eigenvalue weighted by Gasteiger charge is 2.38. The van der Waals surface area contributed by atoms with Crippen LogP contribution in [0.1, 0.15) is 24.0 Å². The minimum Gasteiger partial charge on any atom is -0.493 e. The van der Waals surface area contributed by atoms with E-state index in [4.69, 9.17) is 22.2 Å². The molecule has 1 atom stereocenters. The largest absolute Gasteiger partial charge is 0.493 e. The van der Waals surface area contributed by atoms with E-state index in [0.29, 0.717) is 19.4 Å². The number of hydroxylamine groups is 1. The molecule has 136 valence electrons. The molecule has 5 nitrogen and oxygen atoms in total. The third kappa shape index (κ3) is 4.29. The second kappa shape index (κ2) is 7.83. The number of hydrogen-bond donors (Lipinski definition) is 2. The fourth-order valence-electron chi connectivity index (χ4n) is 2.41. The molecule has 1 aliphatic rings. The maximum atomic E-state index is 13.3. The average molecular weight is 374 g/mol. The molecule has 1 aromatic carbocycles. The van der Waals surface area contributed by atoms with Crippen molar-refractivity contribution >= 4 is 23.1 Å². The van der Waals surface area contributed by atoms with Gasteiger partial charge in [0.05, 0.1) is 12.2 Å². The van der Waals surface area contributed by atoms with Crippen LogP contribution in [0.2, 0.25) is 0 Å². The molecule has 9 heteroatoms. The van der Waals surface area contributed by atoms with Gasteiger partial charge in [-0.2, -0.15) is 13.2 Å². The molecule has 1 unspecified atom stereocenters. The number of alkyl halides is 3. The number of halogens is 3. The number of nitrogens with zero attached hydrogens (tertiary/aromatic N) is 1. The minimum absolute atomic E-state index is 0.0846. The molecule has 0 spiro atoms. The number of amides is 1. The SMILES string of the molecule is C=CCCOc1ccc(C(=S)N2CCC2C(=O)NO)cc1C(F)(F)F. The van der Waals surface area contributed by atoms with Crippen LogP contribution < -0.4 is 10.2 Å². The first-order valence-electron chi connectivity index (χ1n) is 7.49. The number of carbonyl (C=O) groups excluding carboxylic acids is 1. The molecule has 0 aromatic heterocycles. The van der Waals surface area contributed by atoms with E-state index in [1.807, 2.05) is 0 Å². The van der Waals surface area contributed by atoms with Gasteiger partial charge in [-0.3, -0.25) is 10.0 Å². The molecule has 1 aliphatic heterocycles. The summed E-state index contributed by atoms with van der Waals surface area (Å²) in [4.78, 5) is 13.1. The molecule has 2 N–H and O–H groups in total. The van der Waals surface area contributed by atoms with Crippen molar-refractivity contribution in [1.82, 2.24) is 10.4 Å². The summed E-state index contributed by atoms with van der Waals surface area (Å²) in [6.45, 7) is 4.00. The molecule has 1 aromatic rings. The van der Waals surface area contributed by atoms with Crippen LogP contribution >= 0.6 is 12.2 Å². The Balaban J connectivity index is 2.25. The van der Waals surface area contributed by atoms with Crippen molar-refractivity contribution in [2.45, 2.75) is 25.1 Å². The minimum atomic E-state index is -4.61. The zero-order valence-corrected chi connectivity index (χ0v) is 14.0. The Morgan fingerprint density at radius 3 is 2.76 bits per heavy atom. The molecule has 0 bridgehead atoms. The highest BCUT2D eigenvalue weighted by molar-refractivity contribution is 7.80. The third-order valence-corrected chi connectivity index (χ3v) is 4.28. The highest BCUT2D eigenvalue weighted by atomic mass is 32.1. The number of carbonyl (C=O) groups is 1. The molecular formula is C16H17F3N2O3S. The molecule has 0 saturated carbocycles. The van der Waals surface area contributed by atoms with Gasteiger partial charge < -0.3 is 9.64 Å². The van der Waals surface area contributed by atoms with E-state index in [2.05, 4.69) is 6.58 Å². The van der Waals surface area contributed by atoms with Crippen LogP contribution in [0.5, 0.6) is 5.75 Å². The lowest BCUT2D eigenvalue weighted by atomic mass is 10.00. The van der Waals surface area contributed by atoms with Gasteiger partial charge in [0.25, 0.3) is 5.91 Å². The Hall–Kier alpha value is -2.13. The first-order valence-corrected chi connectivity index (χ1v) is 7.90. The lowest BCUT2D eigenvalue weighted by Gasteiger charge is -2.41. The van der Waals surface area contributed by atoms with Crippen LogP contribution in [0.3, 0.4) is 0 Å². The van der Waals surface area contributed by atoms with Gasteiger partial charge in [-0.1, -0.05) is 18.3 Å². The molecule has 2 rings (SSSR count). The zero-order valence-electron chi connectivity index (χ0n) is 13.2. The van der Waals surface area contributed by atoms with Crippen molar-refractivity contribution in [2.24, 2.45) is 0 Å². The normalized spacial score (nSPS) is 16.8. The molecular weight excluding hydrogens is 357 g/mol. The van der Waals surface area contributed by atoms with Crippen molar-refractivity contribution in [3.05, 3.63) is 42.0 Å². The van der Waals surface area contributed by atoms with Gasteiger partial charge >= 0.3 is 6.18 Å². The Morgan fingerprint density at radius 1 is 1.52 bits per heavy atom. The smallest absolute Gasteiger partial charge is 0.419 e. The topological polar surface area (TPSA) is 61.8 Å². The van der Waals surface area contributed by atoms with E-state index >= 15 is 0 Å². The maximum Gasteiger partial charge on any atom is 0.419 e. The molecule has 25 heavy (non-hydrogen) atoms. The van der Waals surface area contributed by atoms with E-state index in [1.54, 1.807) is 6.08 Å². The Kier molecular flexibility index (Phi) is 6.02. The van der Waals surface area contributed by atoms with Crippen molar-refractivity contribution in [3.8, 4) is 5.75 Å². The highest BCUT2D eigenvalue weighted by Crippen LogP contribution is 2.37. The lowest BCUT2D eigenvalue weighted by Crippen LogP contribution is -2.57. The summed E-state index contributed by atoms with van der Waals surface area (Å²) in [6.07, 6.45) is -2.18. The summed E-state index contributed by atoms with van der Waals surface area (Å²) < 4.78 is 45.1. The first-order chi connectivity index (χ1) is 11.8. The number of likely N-dealkylation sites (tertiary alicyclic amines) is 1. The maximum absolute atomic E-state index is 13.3. The molecule has 1 saturated heterocycles. The number of nitrogens with one attached hydrogen (secondary N) is 1. The van der Waals surface area contributed by atoms with Crippen molar-refractivity contribution < 1.29 is 27.9 Å². The second-order valence-corrected chi connectivity index (χ2v) is 5.80. The molecule has 0 aliphatic carbocycles. The van der Waals surface area contributed by atoms with E-state index in [9.17, 15) is 18.0 Å². The monoisotopic (exact) mass is 374 g/mol. The number of benzene rings is 1. The average Bonchev–Trinajstić information content (AvgIpc) is 2.53. The van der Waals surface area contributed by atoms with E-state index in [0.717, 1.165) is 6.07 Å². The van der Waals surface area contributed by atoms with Crippen molar-refractivity contribution in [2.75, 3.05) is 13.2 Å². The Bertz CT molecular complexity index is 679. The van der Waals surface area contributed by atoms with Crippen LogP contribution in [-0.2, 0) is 11.0 Å². The van der Waals surface area contributed by atoms with Crippen molar-refractivity contribution in [1.29, 1.82) is 0 Å². The van der Waals surface area contributed by atoms with E-state index in [1.165, 1.54) is 22.5 Å². The zero-order chi connectivity index (χ0) is 18.6. The van der Waals surface area contributed by atoms with Crippen LogP contribution in [0.4, 0.5) is 13.2 Å². The number of thiocarbonyl (C=S) groups is 1. The van der Waals surface area contributed by atoms with Crippen LogP contribution in [0.25, 0.3) is 0 Å². The molecule has 1 fully saturated rings.